The number of nitrogens with zero attached hydrogens (tertiary/aromatic N) is 2. The third-order valence-electron chi connectivity index (χ3n) is 4.77. The van der Waals surface area contributed by atoms with E-state index in [1.807, 2.05) is 0 Å². The highest BCUT2D eigenvalue weighted by molar-refractivity contribution is 6.06. The topological polar surface area (TPSA) is 91.0 Å². The highest BCUT2D eigenvalue weighted by Crippen LogP contribution is 2.32. The molecule has 9 heteroatoms. The summed E-state index contributed by atoms with van der Waals surface area (Å²) in [4.78, 5) is 38.1. The van der Waals surface area contributed by atoms with E-state index in [0.29, 0.717) is 18.2 Å². The van der Waals surface area contributed by atoms with Crippen molar-refractivity contribution in [3.63, 3.8) is 0 Å². The summed E-state index contributed by atoms with van der Waals surface area (Å²) < 4.78 is 168. The average Bonchev–Trinajstić information content (AvgIpc) is 3.15. The van der Waals surface area contributed by atoms with Crippen molar-refractivity contribution < 1.29 is 48.2 Å². The van der Waals surface area contributed by atoms with E-state index in [9.17, 15) is 14.4 Å². The first-order valence-electron chi connectivity index (χ1n) is 18.6. The predicted molar refractivity (Wildman–Crippen MR) is 122 cm³/mol. The van der Waals surface area contributed by atoms with Crippen LogP contribution in [0.2, 0.25) is 0 Å². The summed E-state index contributed by atoms with van der Waals surface area (Å²) in [7, 11) is 0. The molecule has 2 aromatic rings. The van der Waals surface area contributed by atoms with Gasteiger partial charge in [-0.3, -0.25) is 24.6 Å². The van der Waals surface area contributed by atoms with E-state index in [0.717, 1.165) is 18.2 Å². The summed E-state index contributed by atoms with van der Waals surface area (Å²) in [6, 6.07) is 2.30. The van der Waals surface area contributed by atoms with Gasteiger partial charge in [0.05, 0.1) is 24.1 Å². The minimum atomic E-state index is -3.72. The molecular formula is C25H27FN4O4. The van der Waals surface area contributed by atoms with Crippen molar-refractivity contribution >= 4 is 23.4 Å². The van der Waals surface area contributed by atoms with Gasteiger partial charge in [-0.2, -0.15) is 0 Å². The Labute approximate surface area is 222 Å². The number of benzene rings is 2. The monoisotopic (exact) mass is 484 g/mol. The molecule has 2 aromatic carbocycles. The summed E-state index contributed by atoms with van der Waals surface area (Å²) in [5, 5.41) is 3.80. The molecule has 0 spiro atoms. The third-order valence-corrected chi connectivity index (χ3v) is 4.77. The summed E-state index contributed by atoms with van der Waals surface area (Å²) in [5.41, 5.74) is -3.59. The number of fused-ring (bicyclic) bond motifs is 1. The lowest BCUT2D eigenvalue weighted by molar-refractivity contribution is -0.136. The third kappa shape index (κ3) is 4.53. The van der Waals surface area contributed by atoms with Crippen molar-refractivity contribution in [1.82, 2.24) is 15.1 Å². The van der Waals surface area contributed by atoms with Gasteiger partial charge in [0.15, 0.2) is 0 Å². The van der Waals surface area contributed by atoms with Crippen LogP contribution in [0.25, 0.3) is 0 Å². The van der Waals surface area contributed by atoms with Crippen LogP contribution in [-0.2, 0) is 33.8 Å². The first kappa shape index (κ1) is 9.75. The summed E-state index contributed by atoms with van der Waals surface area (Å²) in [6.07, 6.45) is -6.89. The van der Waals surface area contributed by atoms with Gasteiger partial charge in [-0.25, -0.2) is 4.39 Å². The van der Waals surface area contributed by atoms with Crippen LogP contribution in [0, 0.1) is 5.82 Å². The number of piperidine rings is 1. The number of halogens is 1. The molecule has 2 fully saturated rings. The lowest BCUT2D eigenvalue weighted by Gasteiger charge is -2.29. The zero-order chi connectivity index (χ0) is 39.8. The van der Waals surface area contributed by atoms with E-state index in [1.165, 1.54) is 0 Å². The first-order valence-corrected chi connectivity index (χ1v) is 9.65. The van der Waals surface area contributed by atoms with E-state index in [1.54, 1.807) is 5.32 Å². The number of hydrogen-bond acceptors (Lipinski definition) is 6. The smallest absolute Gasteiger partial charge is 0.255 e. The van der Waals surface area contributed by atoms with Crippen molar-refractivity contribution in [1.29, 1.82) is 0 Å². The maximum atomic E-state index is 15.8. The highest BCUT2D eigenvalue weighted by Gasteiger charge is 2.39. The predicted octanol–water partition coefficient (Wildman–Crippen LogP) is 2.03. The average molecular weight is 485 g/mol. The number of rotatable bonds is 6. The Morgan fingerprint density at radius 1 is 1.21 bits per heavy atom. The molecule has 0 aromatic heterocycles. The maximum Gasteiger partial charge on any atom is 0.255 e. The molecule has 2 saturated heterocycles. The molecule has 0 radical (unpaired) electrons. The van der Waals surface area contributed by atoms with Crippen molar-refractivity contribution in [2.45, 2.75) is 38.3 Å². The molecule has 5 rings (SSSR count). The summed E-state index contributed by atoms with van der Waals surface area (Å²) in [5.74, 6) is -6.10. The Morgan fingerprint density at radius 2 is 2.03 bits per heavy atom. The molecule has 178 valence electrons. The Hall–Kier alpha value is -3.30. The van der Waals surface area contributed by atoms with Gasteiger partial charge in [-0.05, 0) is 30.1 Å². The number of morpholine rings is 1. The van der Waals surface area contributed by atoms with Gasteiger partial charge in [0.25, 0.3) is 5.91 Å². The molecule has 34 heavy (non-hydrogen) atoms. The number of ether oxygens (including phenoxy) is 1. The van der Waals surface area contributed by atoms with Crippen LogP contribution in [0.1, 0.15) is 64.5 Å². The molecule has 2 N–H and O–H groups in total. The van der Waals surface area contributed by atoms with Crippen LogP contribution in [0.4, 0.5) is 10.1 Å². The van der Waals surface area contributed by atoms with Crippen LogP contribution in [0.15, 0.2) is 36.4 Å². The fourth-order valence-electron chi connectivity index (χ4n) is 3.23. The molecule has 3 amide bonds. The number of carbonyl (C=O) groups excluding carboxylic acids is 3. The molecule has 3 heterocycles. The van der Waals surface area contributed by atoms with E-state index in [-0.39, 0.29) is 4.90 Å². The van der Waals surface area contributed by atoms with E-state index in [4.69, 9.17) is 24.7 Å². The Bertz CT molecular complexity index is 1860. The zero-order valence-electron chi connectivity index (χ0n) is 34.9. The van der Waals surface area contributed by atoms with Crippen LogP contribution >= 0.6 is 0 Å². The minimum absolute atomic E-state index is 0.0726. The Balaban J connectivity index is 1.53. The van der Waals surface area contributed by atoms with Gasteiger partial charge in [-0.1, -0.05) is 18.2 Å². The number of amides is 3. The molecule has 0 bridgehead atoms. The largest absolute Gasteiger partial charge is 0.381 e. The molecule has 3 aliphatic heterocycles. The number of nitrogens with one attached hydrogen (secondary N) is 2. The summed E-state index contributed by atoms with van der Waals surface area (Å²) in [6.45, 7) is -24.5. The molecule has 0 saturated carbocycles. The fourth-order valence-corrected chi connectivity index (χ4v) is 3.23. The number of anilines is 1. The van der Waals surface area contributed by atoms with Crippen LogP contribution in [0.3, 0.4) is 0 Å². The van der Waals surface area contributed by atoms with Crippen LogP contribution in [0.5, 0.6) is 0 Å². The van der Waals surface area contributed by atoms with Gasteiger partial charge in [-0.15, -0.1) is 0 Å². The molecule has 8 nitrogen and oxygen atoms in total. The van der Waals surface area contributed by atoms with E-state index < -0.39 is 121 Å². The van der Waals surface area contributed by atoms with Gasteiger partial charge >= 0.3 is 0 Å². The number of imide groups is 1. The second kappa shape index (κ2) is 9.52. The van der Waals surface area contributed by atoms with Gasteiger partial charge < -0.3 is 15.0 Å². The zero-order valence-corrected chi connectivity index (χ0v) is 16.9. The van der Waals surface area contributed by atoms with Crippen molar-refractivity contribution in [2.24, 2.45) is 0 Å². The van der Waals surface area contributed by atoms with Crippen molar-refractivity contribution in [3.05, 3.63) is 64.5 Å². The van der Waals surface area contributed by atoms with Gasteiger partial charge in [0, 0.05) is 74.9 Å². The lowest BCUT2D eigenvalue weighted by Crippen LogP contribution is -2.52. The lowest BCUT2D eigenvalue weighted by atomic mass is 10.0. The normalized spacial score (nSPS) is 40.0. The molecule has 3 aliphatic rings. The van der Waals surface area contributed by atoms with Crippen molar-refractivity contribution in [2.75, 3.05) is 31.4 Å². The Kier molecular flexibility index (Phi) is 2.73. The molecule has 0 aliphatic carbocycles. The molecule has 1 atom stereocenters. The van der Waals surface area contributed by atoms with Crippen LogP contribution in [-0.4, -0.2) is 59.7 Å². The second-order valence-corrected chi connectivity index (χ2v) is 6.93. The first-order chi connectivity index (χ1) is 23.2. The fraction of sp³-hybridized carbons (Fsp3) is 0.400. The van der Waals surface area contributed by atoms with Gasteiger partial charge in [0.1, 0.15) is 11.9 Å². The second-order valence-electron chi connectivity index (χ2n) is 6.93. The van der Waals surface area contributed by atoms with E-state index >= 15 is 4.39 Å². The highest BCUT2D eigenvalue weighted by atomic mass is 19.1. The minimum Gasteiger partial charge on any atom is -0.381 e. The maximum absolute atomic E-state index is 15.8. The number of carbonyl (C=O) groups is 3. The SMILES string of the molecule is [2H]C([2H])(Nc1cccc2c1C([2H])([2H])N([C@@H]1C(=O)NC(=O)C([2H])([2H])C1([2H])[2H])C2=O)c1ccc(C([2H])([2H])N2C([2H])([2H])C([2H])([2H])OC([2H])([2H])C2([2H])[2H])cc1F. The molecular weight excluding hydrogens is 439 g/mol. The van der Waals surface area contributed by atoms with Gasteiger partial charge in [0.2, 0.25) is 11.8 Å². The molecule has 0 unspecified atom stereocenters. The summed E-state index contributed by atoms with van der Waals surface area (Å²) >= 11 is 0. The number of hydrogen-bond donors (Lipinski definition) is 2. The van der Waals surface area contributed by atoms with Crippen molar-refractivity contribution in [3.8, 4) is 0 Å². The quantitative estimate of drug-likeness (QED) is 0.610. The standard InChI is InChI=1S/C25H27FN4O4/c26-20-12-16(14-29-8-10-34-11-9-29)4-5-17(20)13-27-21-3-1-2-18-19(21)15-30(25(18)33)22-6-7-23(31)28-24(22)32/h1-5,12,22,27H,6-11,13-15H2,(H,28,31,32)/t22-/m0/s1/i6D2,7D2,8D2,9D2,10D2,11D2,13D2,14D2,15D2. The van der Waals surface area contributed by atoms with E-state index in [2.05, 4.69) is 10.1 Å². The Morgan fingerprint density at radius 3 is 2.82 bits per heavy atom. The van der Waals surface area contributed by atoms with Crippen LogP contribution < -0.4 is 10.6 Å².